The summed E-state index contributed by atoms with van der Waals surface area (Å²) in [4.78, 5) is 23.3. The molecule has 0 bridgehead atoms. The zero-order chi connectivity index (χ0) is 21.2. The summed E-state index contributed by atoms with van der Waals surface area (Å²) in [6, 6.07) is 3.56. The van der Waals surface area contributed by atoms with Crippen molar-refractivity contribution in [3.63, 3.8) is 0 Å². The third-order valence-corrected chi connectivity index (χ3v) is 4.35. The minimum Gasteiger partial charge on any atom is -0.486 e. The van der Waals surface area contributed by atoms with Crippen molar-refractivity contribution in [3.05, 3.63) is 42.9 Å². The van der Waals surface area contributed by atoms with Crippen LogP contribution < -0.4 is 10.6 Å². The summed E-state index contributed by atoms with van der Waals surface area (Å²) in [5, 5.41) is 15.3. The highest BCUT2D eigenvalue weighted by molar-refractivity contribution is 5.67. The molecule has 0 radical (unpaired) electrons. The highest BCUT2D eigenvalue weighted by Gasteiger charge is 2.25. The third-order valence-electron chi connectivity index (χ3n) is 4.35. The Morgan fingerprint density at radius 3 is 2.87 bits per heavy atom. The molecule has 2 aromatic rings. The van der Waals surface area contributed by atoms with E-state index in [2.05, 4.69) is 37.1 Å². The minimum atomic E-state index is -0.315. The lowest BCUT2D eigenvalue weighted by Crippen LogP contribution is -2.39. The molecule has 12 nitrogen and oxygen atoms in total. The lowest BCUT2D eigenvalue weighted by Gasteiger charge is -2.30. The SMILES string of the molecule is C=CCOC(=O)N1CCC(n2ncc(COc3ccc(N=CN=NN)nc3)n2)CC1. The first-order valence-electron chi connectivity index (χ1n) is 9.34. The number of rotatable bonds is 8. The van der Waals surface area contributed by atoms with E-state index < -0.39 is 0 Å². The molecule has 0 aromatic carbocycles. The number of hydrogen-bond acceptors (Lipinski definition) is 8. The second-order valence-electron chi connectivity index (χ2n) is 6.36. The van der Waals surface area contributed by atoms with Crippen molar-refractivity contribution in [3.8, 4) is 5.75 Å². The van der Waals surface area contributed by atoms with Crippen molar-refractivity contribution < 1.29 is 14.3 Å². The molecule has 2 N–H and O–H groups in total. The number of aliphatic imine (C=N–C) groups is 1. The number of nitrogens with two attached hydrogens (primary N) is 1. The average molecular weight is 413 g/mol. The van der Waals surface area contributed by atoms with Gasteiger partial charge in [-0.05, 0) is 25.0 Å². The van der Waals surface area contributed by atoms with Crippen molar-refractivity contribution in [1.82, 2.24) is 24.9 Å². The lowest BCUT2D eigenvalue weighted by molar-refractivity contribution is 0.0942. The van der Waals surface area contributed by atoms with E-state index >= 15 is 0 Å². The summed E-state index contributed by atoms with van der Waals surface area (Å²) >= 11 is 0. The number of carbonyl (C=O) groups excluding carboxylic acids is 1. The Morgan fingerprint density at radius 1 is 1.33 bits per heavy atom. The van der Waals surface area contributed by atoms with Crippen LogP contribution in [0.4, 0.5) is 10.6 Å². The van der Waals surface area contributed by atoms with E-state index in [0.717, 1.165) is 12.8 Å². The molecule has 12 heteroatoms. The molecule has 3 rings (SSSR count). The van der Waals surface area contributed by atoms with Crippen LogP contribution in [0.1, 0.15) is 24.6 Å². The first kappa shape index (κ1) is 20.9. The normalized spacial score (nSPS) is 15.0. The summed E-state index contributed by atoms with van der Waals surface area (Å²) in [5.41, 5.74) is 0.702. The average Bonchev–Trinajstić information content (AvgIpc) is 3.26. The predicted octanol–water partition coefficient (Wildman–Crippen LogP) is 2.20. The van der Waals surface area contributed by atoms with Gasteiger partial charge in [-0.1, -0.05) is 17.9 Å². The van der Waals surface area contributed by atoms with Crippen molar-refractivity contribution in [2.24, 2.45) is 21.2 Å². The van der Waals surface area contributed by atoms with Gasteiger partial charge in [0.2, 0.25) is 0 Å². The monoisotopic (exact) mass is 413 g/mol. The molecule has 1 amide bonds. The van der Waals surface area contributed by atoms with E-state index in [1.165, 1.54) is 6.34 Å². The van der Waals surface area contributed by atoms with Crippen LogP contribution in [0.2, 0.25) is 0 Å². The molecule has 1 aliphatic rings. The molecule has 2 aromatic heterocycles. The molecule has 0 aliphatic carbocycles. The van der Waals surface area contributed by atoms with Crippen molar-refractivity contribution in [2.75, 3.05) is 19.7 Å². The Kier molecular flexibility index (Phi) is 7.41. The quantitative estimate of drug-likeness (QED) is 0.174. The van der Waals surface area contributed by atoms with Gasteiger partial charge >= 0.3 is 6.09 Å². The van der Waals surface area contributed by atoms with E-state index in [0.29, 0.717) is 30.4 Å². The molecule has 3 heterocycles. The first-order chi connectivity index (χ1) is 14.7. The lowest BCUT2D eigenvalue weighted by atomic mass is 10.1. The van der Waals surface area contributed by atoms with Crippen LogP contribution in [0, 0.1) is 0 Å². The summed E-state index contributed by atoms with van der Waals surface area (Å²) in [7, 11) is 0. The smallest absolute Gasteiger partial charge is 0.410 e. The van der Waals surface area contributed by atoms with Gasteiger partial charge < -0.3 is 20.2 Å². The van der Waals surface area contributed by atoms with Crippen LogP contribution in [-0.4, -0.2) is 57.0 Å². The topological polar surface area (TPSA) is 145 Å². The van der Waals surface area contributed by atoms with Crippen molar-refractivity contribution in [2.45, 2.75) is 25.5 Å². The van der Waals surface area contributed by atoms with E-state index in [1.807, 2.05) is 0 Å². The summed E-state index contributed by atoms with van der Waals surface area (Å²) in [5.74, 6) is 5.92. The standard InChI is InChI=1S/C18H23N9O3/c1-2-9-29-18(28)26-7-5-15(6-8-26)27-23-10-14(24-27)12-30-16-3-4-17(20-11-16)21-13-22-25-19/h2-4,10-11,13,15H,1,5-9,12H2,(H2,19,20,21,22). The maximum absolute atomic E-state index is 11.9. The van der Waals surface area contributed by atoms with Crippen LogP contribution in [0.5, 0.6) is 5.75 Å². The van der Waals surface area contributed by atoms with Crippen molar-refractivity contribution >= 4 is 18.2 Å². The fourth-order valence-corrected chi connectivity index (χ4v) is 2.86. The highest BCUT2D eigenvalue weighted by atomic mass is 16.6. The highest BCUT2D eigenvalue weighted by Crippen LogP contribution is 2.22. The Labute approximate surface area is 173 Å². The Bertz CT molecular complexity index is 887. The summed E-state index contributed by atoms with van der Waals surface area (Å²) < 4.78 is 10.8. The number of piperidine rings is 1. The van der Waals surface area contributed by atoms with Crippen LogP contribution in [0.15, 0.2) is 52.5 Å². The molecule has 0 spiro atoms. The maximum atomic E-state index is 11.9. The van der Waals surface area contributed by atoms with E-state index in [-0.39, 0.29) is 25.3 Å². The van der Waals surface area contributed by atoms with Crippen LogP contribution in [0.25, 0.3) is 0 Å². The van der Waals surface area contributed by atoms with E-state index in [4.69, 9.17) is 15.3 Å². The number of amides is 1. The van der Waals surface area contributed by atoms with Gasteiger partial charge in [0, 0.05) is 13.1 Å². The largest absolute Gasteiger partial charge is 0.486 e. The number of ether oxygens (including phenoxy) is 2. The molecular weight excluding hydrogens is 390 g/mol. The second-order valence-corrected chi connectivity index (χ2v) is 6.36. The van der Waals surface area contributed by atoms with Gasteiger partial charge in [-0.25, -0.2) is 14.8 Å². The van der Waals surface area contributed by atoms with Crippen LogP contribution in [-0.2, 0) is 11.3 Å². The number of aromatic nitrogens is 4. The fourth-order valence-electron chi connectivity index (χ4n) is 2.86. The molecule has 1 aliphatic heterocycles. The summed E-state index contributed by atoms with van der Waals surface area (Å²) in [6.45, 7) is 5.21. The van der Waals surface area contributed by atoms with Gasteiger partial charge in [0.1, 0.15) is 31.0 Å². The predicted molar refractivity (Wildman–Crippen MR) is 107 cm³/mol. The number of likely N-dealkylation sites (tertiary alicyclic amines) is 1. The number of nitrogens with zero attached hydrogens (tertiary/aromatic N) is 8. The van der Waals surface area contributed by atoms with Crippen molar-refractivity contribution in [1.29, 1.82) is 0 Å². The van der Waals surface area contributed by atoms with Gasteiger partial charge in [0.05, 0.1) is 18.4 Å². The van der Waals surface area contributed by atoms with Gasteiger partial charge in [-0.15, -0.1) is 5.11 Å². The number of carbonyl (C=O) groups is 1. The zero-order valence-corrected chi connectivity index (χ0v) is 16.4. The van der Waals surface area contributed by atoms with Crippen LogP contribution >= 0.6 is 0 Å². The number of hydrogen-bond donors (Lipinski definition) is 1. The molecule has 0 unspecified atom stereocenters. The fraction of sp³-hybridized carbons (Fsp3) is 0.389. The summed E-state index contributed by atoms with van der Waals surface area (Å²) in [6.07, 6.45) is 7.19. The molecular formula is C18H23N9O3. The maximum Gasteiger partial charge on any atom is 0.410 e. The Morgan fingerprint density at radius 2 is 2.17 bits per heavy atom. The van der Waals surface area contributed by atoms with Gasteiger partial charge in [0.25, 0.3) is 0 Å². The molecule has 0 atom stereocenters. The number of pyridine rings is 1. The Hall–Kier alpha value is -3.83. The van der Waals surface area contributed by atoms with E-state index in [1.54, 1.807) is 40.3 Å². The van der Waals surface area contributed by atoms with E-state index in [9.17, 15) is 4.79 Å². The Balaban J connectivity index is 1.46. The second kappa shape index (κ2) is 10.6. The molecule has 1 fully saturated rings. The zero-order valence-electron chi connectivity index (χ0n) is 16.4. The van der Waals surface area contributed by atoms with Gasteiger partial charge in [-0.2, -0.15) is 15.0 Å². The molecule has 1 saturated heterocycles. The first-order valence-corrected chi connectivity index (χ1v) is 9.34. The molecule has 158 valence electrons. The van der Waals surface area contributed by atoms with Gasteiger partial charge in [-0.3, -0.25) is 0 Å². The molecule has 30 heavy (non-hydrogen) atoms. The van der Waals surface area contributed by atoms with Crippen LogP contribution in [0.3, 0.4) is 0 Å². The molecule has 0 saturated carbocycles. The van der Waals surface area contributed by atoms with Gasteiger partial charge in [0.15, 0.2) is 5.82 Å². The minimum absolute atomic E-state index is 0.131. The third kappa shape index (κ3) is 5.83.